The van der Waals surface area contributed by atoms with Crippen LogP contribution in [-0.2, 0) is 28.6 Å². The van der Waals surface area contributed by atoms with Gasteiger partial charge in [-0.05, 0) is 96.3 Å². The first-order valence-electron chi connectivity index (χ1n) is 26.2. The fourth-order valence-corrected chi connectivity index (χ4v) is 6.87. The van der Waals surface area contributed by atoms with Gasteiger partial charge in [0.15, 0.2) is 6.10 Å². The summed E-state index contributed by atoms with van der Waals surface area (Å²) in [6.07, 6.45) is 68.2. The molecule has 6 heteroatoms. The van der Waals surface area contributed by atoms with Crippen LogP contribution in [-0.4, -0.2) is 37.2 Å². The van der Waals surface area contributed by atoms with Crippen LogP contribution in [0.5, 0.6) is 0 Å². The molecule has 0 bridgehead atoms. The van der Waals surface area contributed by atoms with Crippen LogP contribution in [0.3, 0.4) is 0 Å². The quantitative estimate of drug-likeness (QED) is 0.0262. The van der Waals surface area contributed by atoms with Crippen LogP contribution < -0.4 is 0 Å². The predicted molar refractivity (Wildman–Crippen MR) is 274 cm³/mol. The number of hydrogen-bond acceptors (Lipinski definition) is 6. The molecule has 0 saturated carbocycles. The molecule has 0 heterocycles. The zero-order valence-electron chi connectivity index (χ0n) is 41.5. The van der Waals surface area contributed by atoms with Crippen LogP contribution in [0.1, 0.15) is 233 Å². The van der Waals surface area contributed by atoms with Crippen LogP contribution in [0.25, 0.3) is 0 Å². The van der Waals surface area contributed by atoms with Gasteiger partial charge in [-0.1, -0.05) is 214 Å². The Morgan fingerprint density at radius 3 is 1.00 bits per heavy atom. The zero-order valence-corrected chi connectivity index (χ0v) is 41.5. The van der Waals surface area contributed by atoms with Crippen LogP contribution >= 0.6 is 0 Å². The summed E-state index contributed by atoms with van der Waals surface area (Å²) in [4.78, 5) is 37.9. The first-order chi connectivity index (χ1) is 31.5. The molecule has 0 aliphatic rings. The summed E-state index contributed by atoms with van der Waals surface area (Å²) < 4.78 is 16.7. The van der Waals surface area contributed by atoms with Gasteiger partial charge in [-0.15, -0.1) is 0 Å². The number of allylic oxidation sites excluding steroid dienone is 16. The van der Waals surface area contributed by atoms with Gasteiger partial charge in [-0.25, -0.2) is 0 Å². The summed E-state index contributed by atoms with van der Waals surface area (Å²) in [5.74, 6) is -0.937. The minimum absolute atomic E-state index is 0.0913. The number of rotatable bonds is 46. The molecule has 0 aromatic heterocycles. The lowest BCUT2D eigenvalue weighted by molar-refractivity contribution is -0.167. The van der Waals surface area contributed by atoms with E-state index in [1.807, 2.05) is 0 Å². The maximum absolute atomic E-state index is 12.8. The molecule has 0 rings (SSSR count). The van der Waals surface area contributed by atoms with Crippen molar-refractivity contribution in [2.45, 2.75) is 239 Å². The minimum atomic E-state index is -0.793. The van der Waals surface area contributed by atoms with E-state index in [2.05, 4.69) is 118 Å². The summed E-state index contributed by atoms with van der Waals surface area (Å²) in [7, 11) is 0. The van der Waals surface area contributed by atoms with Gasteiger partial charge < -0.3 is 14.2 Å². The average molecular weight is 889 g/mol. The second-order valence-electron chi connectivity index (χ2n) is 17.1. The van der Waals surface area contributed by atoms with Crippen LogP contribution in [0, 0.1) is 0 Å². The number of carbonyl (C=O) groups excluding carboxylic acids is 3. The number of esters is 3. The highest BCUT2D eigenvalue weighted by Crippen LogP contribution is 2.13. The van der Waals surface area contributed by atoms with E-state index in [9.17, 15) is 14.4 Å². The molecule has 0 N–H and O–H groups in total. The Hall–Kier alpha value is -3.67. The molecule has 0 amide bonds. The molecule has 0 aliphatic heterocycles. The SMILES string of the molecule is CC/C=C\C/C=C\C/C=C\C/C=C\C/C=C\C/C=C\CCCCCCC(=O)OCC(COC(=O)CCCCCCCCCCC)OC(=O)CCCCCCC/C=C\C/C=C\CCCC. The maximum atomic E-state index is 12.8. The van der Waals surface area contributed by atoms with Crippen LogP contribution in [0.4, 0.5) is 0 Å². The molecule has 1 atom stereocenters. The highest BCUT2D eigenvalue weighted by Gasteiger charge is 2.19. The maximum Gasteiger partial charge on any atom is 0.306 e. The molecule has 64 heavy (non-hydrogen) atoms. The van der Waals surface area contributed by atoms with Crippen molar-refractivity contribution in [1.29, 1.82) is 0 Å². The van der Waals surface area contributed by atoms with Crippen molar-refractivity contribution in [3.8, 4) is 0 Å². The lowest BCUT2D eigenvalue weighted by Crippen LogP contribution is -2.30. The number of unbranched alkanes of at least 4 members (excludes halogenated alkanes) is 19. The predicted octanol–water partition coefficient (Wildman–Crippen LogP) is 17.4. The molecule has 6 nitrogen and oxygen atoms in total. The van der Waals surface area contributed by atoms with E-state index in [0.29, 0.717) is 19.3 Å². The molecule has 0 aromatic carbocycles. The molecule has 0 fully saturated rings. The summed E-state index contributed by atoms with van der Waals surface area (Å²) >= 11 is 0. The molecule has 0 saturated heterocycles. The Bertz CT molecular complexity index is 1300. The van der Waals surface area contributed by atoms with E-state index < -0.39 is 6.10 Å². The minimum Gasteiger partial charge on any atom is -0.462 e. The van der Waals surface area contributed by atoms with Crippen molar-refractivity contribution < 1.29 is 28.6 Å². The Balaban J connectivity index is 4.37. The first-order valence-corrected chi connectivity index (χ1v) is 26.2. The summed E-state index contributed by atoms with van der Waals surface area (Å²) in [5, 5.41) is 0. The van der Waals surface area contributed by atoms with Crippen molar-refractivity contribution in [3.05, 3.63) is 97.2 Å². The molecule has 1 unspecified atom stereocenters. The largest absolute Gasteiger partial charge is 0.462 e. The second-order valence-corrected chi connectivity index (χ2v) is 17.1. The van der Waals surface area contributed by atoms with E-state index >= 15 is 0 Å². The monoisotopic (exact) mass is 889 g/mol. The summed E-state index contributed by atoms with van der Waals surface area (Å²) in [5.41, 5.74) is 0. The Kier molecular flexibility index (Phi) is 49.0. The van der Waals surface area contributed by atoms with Crippen molar-refractivity contribution in [2.24, 2.45) is 0 Å². The molecular formula is C58H96O6. The van der Waals surface area contributed by atoms with E-state index in [1.165, 1.54) is 57.8 Å². The van der Waals surface area contributed by atoms with Gasteiger partial charge in [0.05, 0.1) is 0 Å². The molecule has 0 radical (unpaired) electrons. The standard InChI is InChI=1S/C58H96O6/c1-4-7-10-13-16-19-21-23-25-26-27-28-29-30-31-32-33-35-36-39-42-45-48-51-57(60)63-54-55(53-62-56(59)50-47-44-41-38-18-15-12-9-6-3)64-58(61)52-49-46-43-40-37-34-24-22-20-17-14-11-8-5-2/h7,10,14,16-17,19,22-25,27-28,30-31,33,35,55H,4-6,8-9,11-13,15,18,20-21,26,29,32,34,36-54H2,1-3H3/b10-7-,17-14-,19-16-,24-22-,25-23-,28-27-,31-30-,35-33-. The molecule has 364 valence electrons. The van der Waals surface area contributed by atoms with Gasteiger partial charge in [-0.2, -0.15) is 0 Å². The molecular weight excluding hydrogens is 793 g/mol. The van der Waals surface area contributed by atoms with E-state index in [-0.39, 0.29) is 31.1 Å². The average Bonchev–Trinajstić information content (AvgIpc) is 3.29. The highest BCUT2D eigenvalue weighted by atomic mass is 16.6. The molecule has 0 spiro atoms. The molecule has 0 aromatic rings. The number of ether oxygens (including phenoxy) is 3. The zero-order chi connectivity index (χ0) is 46.5. The lowest BCUT2D eigenvalue weighted by atomic mass is 10.1. The van der Waals surface area contributed by atoms with E-state index in [0.717, 1.165) is 135 Å². The fourth-order valence-electron chi connectivity index (χ4n) is 6.87. The fraction of sp³-hybridized carbons (Fsp3) is 0.672. The normalized spacial score (nSPS) is 12.9. The third-order valence-corrected chi connectivity index (χ3v) is 10.8. The Morgan fingerprint density at radius 1 is 0.328 bits per heavy atom. The lowest BCUT2D eigenvalue weighted by Gasteiger charge is -2.18. The Morgan fingerprint density at radius 2 is 0.625 bits per heavy atom. The molecule has 0 aliphatic carbocycles. The first kappa shape index (κ1) is 60.3. The second kappa shape index (κ2) is 52.0. The van der Waals surface area contributed by atoms with Gasteiger partial charge in [0, 0.05) is 19.3 Å². The van der Waals surface area contributed by atoms with Crippen LogP contribution in [0.2, 0.25) is 0 Å². The topological polar surface area (TPSA) is 78.9 Å². The highest BCUT2D eigenvalue weighted by molar-refractivity contribution is 5.71. The number of hydrogen-bond donors (Lipinski definition) is 0. The summed E-state index contributed by atoms with van der Waals surface area (Å²) in [6.45, 7) is 6.42. The van der Waals surface area contributed by atoms with Gasteiger partial charge in [-0.3, -0.25) is 14.4 Å². The van der Waals surface area contributed by atoms with Gasteiger partial charge in [0.25, 0.3) is 0 Å². The van der Waals surface area contributed by atoms with Gasteiger partial charge >= 0.3 is 17.9 Å². The van der Waals surface area contributed by atoms with Crippen molar-refractivity contribution >= 4 is 17.9 Å². The van der Waals surface area contributed by atoms with Crippen molar-refractivity contribution in [1.82, 2.24) is 0 Å². The summed E-state index contributed by atoms with van der Waals surface area (Å²) in [6, 6.07) is 0. The van der Waals surface area contributed by atoms with E-state index in [4.69, 9.17) is 14.2 Å². The third kappa shape index (κ3) is 49.3. The van der Waals surface area contributed by atoms with Crippen molar-refractivity contribution in [3.63, 3.8) is 0 Å². The van der Waals surface area contributed by atoms with Gasteiger partial charge in [0.1, 0.15) is 13.2 Å². The third-order valence-electron chi connectivity index (χ3n) is 10.8. The van der Waals surface area contributed by atoms with E-state index in [1.54, 1.807) is 0 Å². The Labute approximate surface area is 394 Å². The smallest absolute Gasteiger partial charge is 0.306 e. The van der Waals surface area contributed by atoms with Gasteiger partial charge in [0.2, 0.25) is 0 Å². The number of carbonyl (C=O) groups is 3. The van der Waals surface area contributed by atoms with Crippen molar-refractivity contribution in [2.75, 3.05) is 13.2 Å². The van der Waals surface area contributed by atoms with Crippen LogP contribution in [0.15, 0.2) is 97.2 Å².